The number of hydrogen-bond acceptors (Lipinski definition) is 2. The van der Waals surface area contributed by atoms with Gasteiger partial charge in [-0.05, 0) is 17.7 Å². The molecule has 0 aliphatic rings. The van der Waals surface area contributed by atoms with Crippen molar-refractivity contribution in [3.05, 3.63) is 29.8 Å². The maximum atomic E-state index is 11.4. The summed E-state index contributed by atoms with van der Waals surface area (Å²) in [6.07, 6.45) is 0.589. The van der Waals surface area contributed by atoms with Gasteiger partial charge in [-0.1, -0.05) is 26.0 Å². The van der Waals surface area contributed by atoms with Crippen LogP contribution in [0.4, 0.5) is 5.69 Å². The molecule has 0 amide bonds. The minimum Gasteiger partial charge on any atom is -0.399 e. The zero-order valence-electron chi connectivity index (χ0n) is 8.08. The van der Waals surface area contributed by atoms with E-state index in [-0.39, 0.29) is 11.7 Å². The summed E-state index contributed by atoms with van der Waals surface area (Å²) in [7, 11) is 0. The molecule has 0 fully saturated rings. The Morgan fingerprint density at radius 2 is 1.92 bits per heavy atom. The van der Waals surface area contributed by atoms with Crippen LogP contribution < -0.4 is 5.73 Å². The van der Waals surface area contributed by atoms with E-state index in [1.807, 2.05) is 38.1 Å². The zero-order valence-corrected chi connectivity index (χ0v) is 8.08. The summed E-state index contributed by atoms with van der Waals surface area (Å²) in [6, 6.07) is 7.48. The van der Waals surface area contributed by atoms with Crippen LogP contribution in [-0.2, 0) is 4.79 Å². The van der Waals surface area contributed by atoms with Gasteiger partial charge in [0.25, 0.3) is 0 Å². The molecule has 0 aliphatic heterocycles. The highest BCUT2D eigenvalue weighted by Gasteiger charge is 2.12. The number of carbonyl (C=O) groups is 1. The van der Waals surface area contributed by atoms with Crippen molar-refractivity contribution in [2.24, 2.45) is 0 Å². The van der Waals surface area contributed by atoms with E-state index in [1.54, 1.807) is 0 Å². The molecule has 0 spiro atoms. The normalized spacial score (nSPS) is 12.5. The predicted octanol–water partition coefficient (Wildman–Crippen LogP) is 2.35. The van der Waals surface area contributed by atoms with Crippen LogP contribution in [0.5, 0.6) is 0 Å². The number of nitrogen functional groups attached to an aromatic ring is 1. The summed E-state index contributed by atoms with van der Waals surface area (Å²) in [4.78, 5) is 11.4. The fourth-order valence-electron chi connectivity index (χ4n) is 1.28. The number of Topliss-reactive ketones (excluding diaryl/α,β-unsaturated/α-hetero) is 1. The third-order valence-corrected chi connectivity index (χ3v) is 2.27. The number of anilines is 1. The van der Waals surface area contributed by atoms with Crippen LogP contribution in [0.15, 0.2) is 24.3 Å². The third kappa shape index (κ3) is 2.31. The highest BCUT2D eigenvalue weighted by atomic mass is 16.1. The molecule has 2 heteroatoms. The molecular weight excluding hydrogens is 162 g/mol. The first kappa shape index (κ1) is 9.78. The zero-order chi connectivity index (χ0) is 9.84. The minimum absolute atomic E-state index is 0.00870. The van der Waals surface area contributed by atoms with Crippen LogP contribution in [0.25, 0.3) is 0 Å². The van der Waals surface area contributed by atoms with Crippen LogP contribution >= 0.6 is 0 Å². The Morgan fingerprint density at radius 1 is 1.38 bits per heavy atom. The molecule has 0 aromatic heterocycles. The monoisotopic (exact) mass is 177 g/mol. The highest BCUT2D eigenvalue weighted by molar-refractivity contribution is 5.85. The fourth-order valence-corrected chi connectivity index (χ4v) is 1.28. The van der Waals surface area contributed by atoms with Crippen LogP contribution in [0, 0.1) is 0 Å². The van der Waals surface area contributed by atoms with Crippen LogP contribution in [0.2, 0.25) is 0 Å². The van der Waals surface area contributed by atoms with E-state index in [2.05, 4.69) is 0 Å². The molecule has 2 nitrogen and oxygen atoms in total. The maximum absolute atomic E-state index is 11.4. The van der Waals surface area contributed by atoms with Crippen molar-refractivity contribution in [2.45, 2.75) is 26.2 Å². The summed E-state index contributed by atoms with van der Waals surface area (Å²) in [5.41, 5.74) is 7.33. The van der Waals surface area contributed by atoms with E-state index in [9.17, 15) is 4.79 Å². The molecular formula is C11H15NO. The summed E-state index contributed by atoms with van der Waals surface area (Å²) < 4.78 is 0. The van der Waals surface area contributed by atoms with Gasteiger partial charge < -0.3 is 5.73 Å². The van der Waals surface area contributed by atoms with E-state index >= 15 is 0 Å². The van der Waals surface area contributed by atoms with Gasteiger partial charge in [0, 0.05) is 18.0 Å². The van der Waals surface area contributed by atoms with Gasteiger partial charge in [-0.3, -0.25) is 4.79 Å². The largest absolute Gasteiger partial charge is 0.399 e. The smallest absolute Gasteiger partial charge is 0.139 e. The fraction of sp³-hybridized carbons (Fsp3) is 0.364. The molecule has 2 N–H and O–H groups in total. The molecule has 1 aromatic rings. The summed E-state index contributed by atoms with van der Waals surface area (Å²) >= 11 is 0. The van der Waals surface area contributed by atoms with Crippen molar-refractivity contribution in [2.75, 3.05) is 5.73 Å². The molecule has 1 rings (SSSR count). The predicted molar refractivity (Wildman–Crippen MR) is 54.6 cm³/mol. The average Bonchev–Trinajstić information content (AvgIpc) is 2.17. The van der Waals surface area contributed by atoms with Crippen molar-refractivity contribution in [1.29, 1.82) is 0 Å². The average molecular weight is 177 g/mol. The summed E-state index contributed by atoms with van der Waals surface area (Å²) in [6.45, 7) is 3.81. The topological polar surface area (TPSA) is 43.1 Å². The number of nitrogens with two attached hydrogens (primary N) is 1. The molecule has 0 heterocycles. The molecule has 0 saturated carbocycles. The number of carbonyl (C=O) groups excluding carboxylic acids is 1. The molecule has 0 bridgehead atoms. The molecule has 1 aromatic carbocycles. The minimum atomic E-state index is -0.00870. The van der Waals surface area contributed by atoms with Crippen LogP contribution in [-0.4, -0.2) is 5.78 Å². The van der Waals surface area contributed by atoms with E-state index in [0.29, 0.717) is 6.42 Å². The first-order valence-corrected chi connectivity index (χ1v) is 4.53. The third-order valence-electron chi connectivity index (χ3n) is 2.27. The van der Waals surface area contributed by atoms with Gasteiger partial charge in [0.15, 0.2) is 0 Å². The van der Waals surface area contributed by atoms with Gasteiger partial charge in [0.2, 0.25) is 0 Å². The number of hydrogen-bond donors (Lipinski definition) is 1. The molecule has 1 unspecified atom stereocenters. The Kier molecular flexibility index (Phi) is 3.07. The van der Waals surface area contributed by atoms with Crippen LogP contribution in [0.3, 0.4) is 0 Å². The molecule has 70 valence electrons. The summed E-state index contributed by atoms with van der Waals surface area (Å²) in [5.74, 6) is 0.260. The van der Waals surface area contributed by atoms with E-state index in [1.165, 1.54) is 0 Å². The first-order chi connectivity index (χ1) is 6.15. The van der Waals surface area contributed by atoms with Gasteiger partial charge >= 0.3 is 0 Å². The Labute approximate surface area is 78.8 Å². The van der Waals surface area contributed by atoms with E-state index in [0.717, 1.165) is 11.3 Å². The van der Waals surface area contributed by atoms with E-state index in [4.69, 9.17) is 5.73 Å². The van der Waals surface area contributed by atoms with Gasteiger partial charge in [-0.15, -0.1) is 0 Å². The molecule has 1 atom stereocenters. The lowest BCUT2D eigenvalue weighted by atomic mass is 9.95. The highest BCUT2D eigenvalue weighted by Crippen LogP contribution is 2.18. The van der Waals surface area contributed by atoms with Gasteiger partial charge in [0.1, 0.15) is 5.78 Å². The van der Waals surface area contributed by atoms with Gasteiger partial charge in [-0.2, -0.15) is 0 Å². The molecule has 0 aliphatic carbocycles. The second-order valence-electron chi connectivity index (χ2n) is 3.21. The Morgan fingerprint density at radius 3 is 2.38 bits per heavy atom. The van der Waals surface area contributed by atoms with E-state index < -0.39 is 0 Å². The summed E-state index contributed by atoms with van der Waals surface area (Å²) in [5, 5.41) is 0. The lowest BCUT2D eigenvalue weighted by Gasteiger charge is -2.09. The van der Waals surface area contributed by atoms with Crippen molar-refractivity contribution in [1.82, 2.24) is 0 Å². The lowest BCUT2D eigenvalue weighted by molar-refractivity contribution is -0.119. The SMILES string of the molecule is CCC(=O)C(C)c1ccc(N)cc1. The molecule has 0 radical (unpaired) electrons. The van der Waals surface area contributed by atoms with Crippen molar-refractivity contribution >= 4 is 11.5 Å². The van der Waals surface area contributed by atoms with Gasteiger partial charge in [-0.25, -0.2) is 0 Å². The standard InChI is InChI=1S/C11H15NO/c1-3-11(13)8(2)9-4-6-10(12)7-5-9/h4-8H,3,12H2,1-2H3. The van der Waals surface area contributed by atoms with Crippen molar-refractivity contribution in [3.63, 3.8) is 0 Å². The molecule has 13 heavy (non-hydrogen) atoms. The quantitative estimate of drug-likeness (QED) is 0.720. The lowest BCUT2D eigenvalue weighted by Crippen LogP contribution is -2.07. The van der Waals surface area contributed by atoms with Crippen molar-refractivity contribution < 1.29 is 4.79 Å². The Bertz CT molecular complexity index is 289. The second kappa shape index (κ2) is 4.08. The van der Waals surface area contributed by atoms with Crippen molar-refractivity contribution in [3.8, 4) is 0 Å². The second-order valence-corrected chi connectivity index (χ2v) is 3.21. The number of benzene rings is 1. The maximum Gasteiger partial charge on any atom is 0.139 e. The van der Waals surface area contributed by atoms with Gasteiger partial charge in [0.05, 0.1) is 0 Å². The van der Waals surface area contributed by atoms with Crippen LogP contribution in [0.1, 0.15) is 31.7 Å². The Balaban J connectivity index is 2.83. The Hall–Kier alpha value is -1.31. The first-order valence-electron chi connectivity index (χ1n) is 4.53. The molecule has 0 saturated heterocycles. The number of ketones is 1. The number of rotatable bonds is 3.